The number of rotatable bonds is 6. The maximum Gasteiger partial charge on any atom is 0.416 e. The van der Waals surface area contributed by atoms with E-state index in [1.54, 1.807) is 6.26 Å². The highest BCUT2D eigenvalue weighted by molar-refractivity contribution is 7.84. The third-order valence-electron chi connectivity index (χ3n) is 6.06. The molecule has 33 heavy (non-hydrogen) atoms. The fraction of sp³-hybridized carbons (Fsp3) is 0.348. The zero-order valence-corrected chi connectivity index (χ0v) is 18.9. The third kappa shape index (κ3) is 5.06. The van der Waals surface area contributed by atoms with E-state index in [1.165, 1.54) is 6.07 Å². The number of alkyl halides is 3. The number of hydrogen-bond acceptors (Lipinski definition) is 4. The number of primary amides is 1. The van der Waals surface area contributed by atoms with Crippen LogP contribution in [0.1, 0.15) is 21.6 Å². The number of aromatic nitrogens is 1. The van der Waals surface area contributed by atoms with E-state index < -0.39 is 28.4 Å². The van der Waals surface area contributed by atoms with Crippen LogP contribution in [0.15, 0.2) is 47.4 Å². The summed E-state index contributed by atoms with van der Waals surface area (Å²) in [6, 6.07) is 11.1. The van der Waals surface area contributed by atoms with E-state index in [4.69, 9.17) is 5.73 Å². The second kappa shape index (κ2) is 9.18. The summed E-state index contributed by atoms with van der Waals surface area (Å²) in [7, 11) is -1.01. The molecule has 4 rings (SSSR count). The zero-order valence-electron chi connectivity index (χ0n) is 18.1. The molecular formula is C23H25F3N4O2S. The SMILES string of the molecule is CS(=O)c1ccc(N2CCN(CCc3c(C(N)=O)[nH]c4ccc(C(F)(F)F)cc34)CC2)cc1. The number of anilines is 1. The van der Waals surface area contributed by atoms with Gasteiger partial charge in [0.1, 0.15) is 5.69 Å². The smallest absolute Gasteiger partial charge is 0.369 e. The predicted molar refractivity (Wildman–Crippen MR) is 123 cm³/mol. The Hall–Kier alpha value is -2.85. The molecule has 176 valence electrons. The Kier molecular flexibility index (Phi) is 6.49. The van der Waals surface area contributed by atoms with Crippen LogP contribution in [-0.4, -0.2) is 59.0 Å². The van der Waals surface area contributed by atoms with Crippen LogP contribution in [0.2, 0.25) is 0 Å². The molecule has 1 atom stereocenters. The number of amides is 1. The first-order valence-electron chi connectivity index (χ1n) is 10.6. The van der Waals surface area contributed by atoms with Gasteiger partial charge in [0, 0.05) is 71.3 Å². The summed E-state index contributed by atoms with van der Waals surface area (Å²) in [5.41, 5.74) is 6.96. The number of halogens is 3. The van der Waals surface area contributed by atoms with E-state index in [0.29, 0.717) is 29.4 Å². The molecule has 10 heteroatoms. The van der Waals surface area contributed by atoms with Crippen molar-refractivity contribution in [3.05, 3.63) is 59.3 Å². The number of nitrogens with two attached hydrogens (primary N) is 1. The van der Waals surface area contributed by atoms with E-state index in [9.17, 15) is 22.2 Å². The Morgan fingerprint density at radius 1 is 1.09 bits per heavy atom. The molecule has 0 spiro atoms. The summed E-state index contributed by atoms with van der Waals surface area (Å²) in [6.07, 6.45) is -2.40. The Bertz CT molecular complexity index is 1180. The molecule has 1 aromatic heterocycles. The average Bonchev–Trinajstić information content (AvgIpc) is 3.16. The zero-order chi connectivity index (χ0) is 23.8. The Morgan fingerprint density at radius 2 is 1.76 bits per heavy atom. The number of benzene rings is 2. The number of nitrogens with zero attached hydrogens (tertiary/aromatic N) is 2. The topological polar surface area (TPSA) is 82.4 Å². The summed E-state index contributed by atoms with van der Waals surface area (Å²) in [5, 5.41) is 0.380. The van der Waals surface area contributed by atoms with E-state index in [2.05, 4.69) is 14.8 Å². The summed E-state index contributed by atoms with van der Waals surface area (Å²) < 4.78 is 51.2. The van der Waals surface area contributed by atoms with Gasteiger partial charge in [-0.25, -0.2) is 0 Å². The number of aromatic amines is 1. The van der Waals surface area contributed by atoms with Crippen LogP contribution in [0.25, 0.3) is 10.9 Å². The van der Waals surface area contributed by atoms with E-state index in [0.717, 1.165) is 48.9 Å². The van der Waals surface area contributed by atoms with Crippen molar-refractivity contribution in [2.45, 2.75) is 17.5 Å². The molecule has 6 nitrogen and oxygen atoms in total. The van der Waals surface area contributed by atoms with Crippen molar-refractivity contribution < 1.29 is 22.2 Å². The van der Waals surface area contributed by atoms with Gasteiger partial charge in [0.15, 0.2) is 0 Å². The van der Waals surface area contributed by atoms with Crippen molar-refractivity contribution in [3.63, 3.8) is 0 Å². The van der Waals surface area contributed by atoms with Gasteiger partial charge in [-0.05, 0) is 54.4 Å². The molecule has 3 aromatic rings. The third-order valence-corrected chi connectivity index (χ3v) is 7.00. The number of fused-ring (bicyclic) bond motifs is 1. The molecule has 2 aromatic carbocycles. The van der Waals surface area contributed by atoms with Gasteiger partial charge in [0.25, 0.3) is 5.91 Å². The minimum absolute atomic E-state index is 0.163. The molecule has 0 saturated carbocycles. The molecule has 1 saturated heterocycles. The average molecular weight is 479 g/mol. The van der Waals surface area contributed by atoms with E-state index in [-0.39, 0.29) is 5.69 Å². The normalized spacial score (nSPS) is 16.3. The first-order valence-corrected chi connectivity index (χ1v) is 12.1. The molecule has 0 radical (unpaired) electrons. The number of piperazine rings is 1. The highest BCUT2D eigenvalue weighted by Gasteiger charge is 2.31. The highest BCUT2D eigenvalue weighted by atomic mass is 32.2. The monoisotopic (exact) mass is 478 g/mol. The first-order chi connectivity index (χ1) is 15.6. The first kappa shape index (κ1) is 23.3. The van der Waals surface area contributed by atoms with Crippen molar-refractivity contribution in [2.24, 2.45) is 5.73 Å². The lowest BCUT2D eigenvalue weighted by Crippen LogP contribution is -2.47. The van der Waals surface area contributed by atoms with Crippen molar-refractivity contribution in [2.75, 3.05) is 43.9 Å². The second-order valence-corrected chi connectivity index (χ2v) is 9.51. The molecule has 1 aliphatic rings. The highest BCUT2D eigenvalue weighted by Crippen LogP contribution is 2.33. The van der Waals surface area contributed by atoms with Gasteiger partial charge in [-0.2, -0.15) is 13.2 Å². The Balaban J connectivity index is 1.45. The Morgan fingerprint density at radius 3 is 2.33 bits per heavy atom. The molecule has 3 N–H and O–H groups in total. The Labute approximate surface area is 192 Å². The maximum atomic E-state index is 13.2. The standard InChI is InChI=1S/C23H25F3N4O2S/c1-33(32)17-5-3-16(4-6-17)30-12-10-29(11-13-30)9-8-18-19-14-15(23(24,25)26)2-7-20(19)28-21(18)22(27)31/h2-7,14,28H,8-13H2,1H3,(H2,27,31). The molecule has 0 bridgehead atoms. The minimum Gasteiger partial charge on any atom is -0.369 e. The maximum absolute atomic E-state index is 13.2. The van der Waals surface area contributed by atoms with Crippen LogP contribution in [0.3, 0.4) is 0 Å². The number of carbonyl (C=O) groups excluding carboxylic acids is 1. The van der Waals surface area contributed by atoms with Gasteiger partial charge in [0.2, 0.25) is 0 Å². The van der Waals surface area contributed by atoms with E-state index in [1.807, 2.05) is 24.3 Å². The largest absolute Gasteiger partial charge is 0.416 e. The number of carbonyl (C=O) groups is 1. The molecule has 1 aliphatic heterocycles. The molecule has 2 heterocycles. The van der Waals surface area contributed by atoms with Gasteiger partial charge in [-0.3, -0.25) is 13.9 Å². The van der Waals surface area contributed by atoms with Gasteiger partial charge in [-0.15, -0.1) is 0 Å². The summed E-state index contributed by atoms with van der Waals surface area (Å²) >= 11 is 0. The lowest BCUT2D eigenvalue weighted by atomic mass is 10.0. The minimum atomic E-state index is -4.46. The van der Waals surface area contributed by atoms with Crippen LogP contribution in [0.5, 0.6) is 0 Å². The van der Waals surface area contributed by atoms with Gasteiger partial charge in [0.05, 0.1) is 5.56 Å². The fourth-order valence-electron chi connectivity index (χ4n) is 4.24. The molecule has 1 amide bonds. The van der Waals surface area contributed by atoms with Gasteiger partial charge < -0.3 is 15.6 Å². The molecule has 1 fully saturated rings. The molecule has 0 aliphatic carbocycles. The second-order valence-electron chi connectivity index (χ2n) is 8.13. The van der Waals surface area contributed by atoms with Crippen LogP contribution in [0, 0.1) is 0 Å². The van der Waals surface area contributed by atoms with Crippen LogP contribution in [-0.2, 0) is 23.4 Å². The van der Waals surface area contributed by atoms with Crippen molar-refractivity contribution >= 4 is 33.3 Å². The molecular weight excluding hydrogens is 453 g/mol. The lowest BCUT2D eigenvalue weighted by Gasteiger charge is -2.36. The number of hydrogen-bond donors (Lipinski definition) is 2. The number of H-pyrrole nitrogens is 1. The van der Waals surface area contributed by atoms with E-state index >= 15 is 0 Å². The number of nitrogens with one attached hydrogen (secondary N) is 1. The molecule has 1 unspecified atom stereocenters. The van der Waals surface area contributed by atoms with Crippen molar-refractivity contribution in [3.8, 4) is 0 Å². The van der Waals surface area contributed by atoms with Gasteiger partial charge in [-0.1, -0.05) is 0 Å². The summed E-state index contributed by atoms with van der Waals surface area (Å²) in [4.78, 5) is 20.1. The summed E-state index contributed by atoms with van der Waals surface area (Å²) in [5.74, 6) is -0.684. The van der Waals surface area contributed by atoms with Crippen LogP contribution >= 0.6 is 0 Å². The van der Waals surface area contributed by atoms with Crippen molar-refractivity contribution in [1.29, 1.82) is 0 Å². The van der Waals surface area contributed by atoms with Crippen LogP contribution in [0.4, 0.5) is 18.9 Å². The lowest BCUT2D eigenvalue weighted by molar-refractivity contribution is -0.137. The predicted octanol–water partition coefficient (Wildman–Crippen LogP) is 3.39. The van der Waals surface area contributed by atoms with Gasteiger partial charge >= 0.3 is 6.18 Å². The van der Waals surface area contributed by atoms with Crippen molar-refractivity contribution in [1.82, 2.24) is 9.88 Å². The quantitative estimate of drug-likeness (QED) is 0.569. The fourth-order valence-corrected chi connectivity index (χ4v) is 4.76. The summed E-state index contributed by atoms with van der Waals surface area (Å²) in [6.45, 7) is 3.75. The van der Waals surface area contributed by atoms with Crippen LogP contribution < -0.4 is 10.6 Å².